The van der Waals surface area contributed by atoms with Crippen LogP contribution >= 0.6 is 0 Å². The van der Waals surface area contributed by atoms with Crippen LogP contribution in [0, 0.1) is 11.8 Å². The number of rotatable bonds is 34. The highest BCUT2D eigenvalue weighted by Gasteiger charge is 2.29. The van der Waals surface area contributed by atoms with E-state index in [1.165, 1.54) is 44.9 Å². The third kappa shape index (κ3) is 28.1. The summed E-state index contributed by atoms with van der Waals surface area (Å²) in [7, 11) is 0. The smallest absolute Gasteiger partial charge is 0.438 e. The van der Waals surface area contributed by atoms with Crippen molar-refractivity contribution in [3.63, 3.8) is 0 Å². The third-order valence-corrected chi connectivity index (χ3v) is 9.40. The molecule has 0 spiro atoms. The minimum absolute atomic E-state index is 0.0160. The van der Waals surface area contributed by atoms with Gasteiger partial charge in [0.05, 0.1) is 6.42 Å². The summed E-state index contributed by atoms with van der Waals surface area (Å²) in [5.41, 5.74) is 2.18. The van der Waals surface area contributed by atoms with Crippen LogP contribution in [0.4, 0.5) is 4.79 Å². The SMILES string of the molecule is CCCCNC(=O)OOCCNC(O)OONC(=O)C1CCC(CN(CCC(=O)O)C(=O)CCCCCCCCCCCCCCCCC(=O)O)CC1. The average molecular weight is 761 g/mol. The molecule has 1 aliphatic carbocycles. The number of carbonyl (C=O) groups excluding carboxylic acids is 3. The zero-order valence-corrected chi connectivity index (χ0v) is 32.0. The quantitative estimate of drug-likeness (QED) is 0.0200. The zero-order valence-electron chi connectivity index (χ0n) is 32.0. The Morgan fingerprint density at radius 2 is 1.26 bits per heavy atom. The molecule has 0 aromatic carbocycles. The molecule has 16 heteroatoms. The number of nitrogens with zero attached hydrogens (tertiary/aromatic N) is 1. The van der Waals surface area contributed by atoms with Crippen molar-refractivity contribution < 1.29 is 58.9 Å². The van der Waals surface area contributed by atoms with Gasteiger partial charge in [0.25, 0.3) is 0 Å². The first-order chi connectivity index (χ1) is 25.6. The van der Waals surface area contributed by atoms with Crippen LogP contribution in [0.1, 0.15) is 155 Å². The van der Waals surface area contributed by atoms with E-state index >= 15 is 0 Å². The van der Waals surface area contributed by atoms with E-state index in [1.54, 1.807) is 4.90 Å². The second-order valence-electron chi connectivity index (χ2n) is 14.0. The monoisotopic (exact) mass is 760 g/mol. The Labute approximate surface area is 315 Å². The zero-order chi connectivity index (χ0) is 38.9. The summed E-state index contributed by atoms with van der Waals surface area (Å²) in [5, 5.41) is 32.7. The van der Waals surface area contributed by atoms with Crippen LogP contribution in [0.2, 0.25) is 0 Å². The van der Waals surface area contributed by atoms with Crippen molar-refractivity contribution in [2.24, 2.45) is 11.8 Å². The minimum Gasteiger partial charge on any atom is -0.481 e. The molecule has 0 aromatic rings. The average Bonchev–Trinajstić information content (AvgIpc) is 3.13. The molecule has 308 valence electrons. The van der Waals surface area contributed by atoms with E-state index < -0.39 is 30.4 Å². The van der Waals surface area contributed by atoms with Crippen LogP contribution in [-0.4, -0.2) is 89.3 Å². The van der Waals surface area contributed by atoms with Gasteiger partial charge in [-0.25, -0.2) is 10.3 Å². The number of hydrogen-bond acceptors (Lipinski definition) is 11. The molecule has 16 nitrogen and oxygen atoms in total. The van der Waals surface area contributed by atoms with E-state index in [0.717, 1.165) is 57.8 Å². The standard InChI is InChI=1S/C37H68N4O12/c1-2-3-25-38-36(48)51-50-28-26-39-37(49)52-53-40-35(47)31-22-20-30(21-23-31)29-41(27-24-34(45)46)32(42)18-16-14-12-10-8-6-4-5-7-9-11-13-15-17-19-33(43)44/h30-31,37,39,49H,2-29H2,1H3,(H,38,48)(H,40,47)(H,43,44)(H,45,46). The molecule has 6 N–H and O–H groups in total. The lowest BCUT2D eigenvalue weighted by Gasteiger charge is -2.32. The van der Waals surface area contributed by atoms with Crippen molar-refractivity contribution in [1.29, 1.82) is 0 Å². The highest BCUT2D eigenvalue weighted by molar-refractivity contribution is 5.78. The van der Waals surface area contributed by atoms with Crippen LogP contribution < -0.4 is 16.1 Å². The molecule has 1 unspecified atom stereocenters. The highest BCUT2D eigenvalue weighted by atomic mass is 17.3. The molecule has 3 amide bonds. The molecule has 1 saturated carbocycles. The second kappa shape index (κ2) is 32.4. The summed E-state index contributed by atoms with van der Waals surface area (Å²) >= 11 is 0. The van der Waals surface area contributed by atoms with Gasteiger partial charge in [-0.2, -0.15) is 9.78 Å². The van der Waals surface area contributed by atoms with E-state index in [-0.39, 0.29) is 50.3 Å². The van der Waals surface area contributed by atoms with Crippen LogP contribution in [0.25, 0.3) is 0 Å². The molecule has 1 atom stereocenters. The summed E-state index contributed by atoms with van der Waals surface area (Å²) < 4.78 is 0. The van der Waals surface area contributed by atoms with Crippen LogP contribution in [0.5, 0.6) is 0 Å². The summed E-state index contributed by atoms with van der Waals surface area (Å²) in [5.74, 6) is -2.22. The molecule has 0 heterocycles. The van der Waals surface area contributed by atoms with E-state index in [9.17, 15) is 34.2 Å². The number of carboxylic acids is 2. The highest BCUT2D eigenvalue weighted by Crippen LogP contribution is 2.30. The first-order valence-electron chi connectivity index (χ1n) is 19.9. The minimum atomic E-state index is -1.57. The van der Waals surface area contributed by atoms with Gasteiger partial charge in [-0.1, -0.05) is 90.4 Å². The number of carboxylic acid groups (broad SMARTS) is 2. The number of nitrogens with one attached hydrogen (secondary N) is 3. The molecule has 0 bridgehead atoms. The molecule has 1 aliphatic rings. The first kappa shape index (κ1) is 48.0. The van der Waals surface area contributed by atoms with Gasteiger partial charge in [0.15, 0.2) is 0 Å². The Balaban J connectivity index is 2.16. The number of aliphatic hydroxyl groups is 1. The number of hydroxylamine groups is 1. The Kier molecular flexibility index (Phi) is 29.3. The maximum Gasteiger partial charge on any atom is 0.438 e. The normalized spacial score (nSPS) is 16.1. The molecule has 1 rings (SSSR count). The lowest BCUT2D eigenvalue weighted by molar-refractivity contribution is -0.401. The Morgan fingerprint density at radius 1 is 0.717 bits per heavy atom. The van der Waals surface area contributed by atoms with Gasteiger partial charge < -0.3 is 25.5 Å². The topological polar surface area (TPSA) is 222 Å². The van der Waals surface area contributed by atoms with Gasteiger partial charge in [0.2, 0.25) is 18.2 Å². The van der Waals surface area contributed by atoms with Gasteiger partial charge in [0.1, 0.15) is 6.61 Å². The molecule has 1 fully saturated rings. The van der Waals surface area contributed by atoms with Crippen molar-refractivity contribution in [2.45, 2.75) is 161 Å². The Hall–Kier alpha value is -3.05. The third-order valence-electron chi connectivity index (χ3n) is 9.40. The second-order valence-corrected chi connectivity index (χ2v) is 14.0. The van der Waals surface area contributed by atoms with Gasteiger partial charge >= 0.3 is 18.0 Å². The molecule has 0 saturated heterocycles. The molecule has 0 aromatic heterocycles. The van der Waals surface area contributed by atoms with E-state index in [0.29, 0.717) is 45.2 Å². The van der Waals surface area contributed by atoms with E-state index in [1.807, 2.05) is 6.92 Å². The molecular weight excluding hydrogens is 692 g/mol. The Bertz CT molecular complexity index is 997. The van der Waals surface area contributed by atoms with Crippen LogP contribution in [-0.2, 0) is 38.8 Å². The summed E-state index contributed by atoms with van der Waals surface area (Å²) in [6, 6.07) is 0. The van der Waals surface area contributed by atoms with Crippen molar-refractivity contribution in [3.8, 4) is 0 Å². The maximum atomic E-state index is 13.1. The van der Waals surface area contributed by atoms with Crippen molar-refractivity contribution in [3.05, 3.63) is 0 Å². The van der Waals surface area contributed by atoms with Crippen molar-refractivity contribution in [1.82, 2.24) is 21.0 Å². The summed E-state index contributed by atoms with van der Waals surface area (Å²) in [6.45, 7) is 3.11. The van der Waals surface area contributed by atoms with Crippen molar-refractivity contribution >= 4 is 29.8 Å². The number of hydrogen-bond donors (Lipinski definition) is 6. The van der Waals surface area contributed by atoms with E-state index in [2.05, 4.69) is 30.9 Å². The number of aliphatic hydroxyl groups excluding tert-OH is 1. The molecule has 53 heavy (non-hydrogen) atoms. The fraction of sp³-hybridized carbons (Fsp3) is 0.865. The summed E-state index contributed by atoms with van der Waals surface area (Å²) in [6.07, 6.45) is 18.0. The maximum absolute atomic E-state index is 13.1. The number of aliphatic carboxylic acids is 2. The van der Waals surface area contributed by atoms with E-state index in [4.69, 9.17) is 9.99 Å². The van der Waals surface area contributed by atoms with Gasteiger partial charge in [-0.05, 0) is 50.9 Å². The number of carbonyl (C=O) groups is 5. The molecular formula is C37H68N4O12. The number of amides is 3. The van der Waals surface area contributed by atoms with Crippen molar-refractivity contribution in [2.75, 3.05) is 32.8 Å². The Morgan fingerprint density at radius 3 is 1.81 bits per heavy atom. The van der Waals surface area contributed by atoms with Gasteiger partial charge in [-0.3, -0.25) is 29.4 Å². The lowest BCUT2D eigenvalue weighted by atomic mass is 9.81. The predicted octanol–water partition coefficient (Wildman–Crippen LogP) is 5.73. The van der Waals surface area contributed by atoms with Gasteiger partial charge in [-0.15, -0.1) is 4.99 Å². The fourth-order valence-corrected chi connectivity index (χ4v) is 6.24. The van der Waals surface area contributed by atoms with Crippen LogP contribution in [0.3, 0.4) is 0 Å². The first-order valence-corrected chi connectivity index (χ1v) is 19.9. The van der Waals surface area contributed by atoms with Gasteiger partial charge in [0, 0.05) is 44.9 Å². The lowest BCUT2D eigenvalue weighted by Crippen LogP contribution is -2.40. The molecule has 0 aliphatic heterocycles. The predicted molar refractivity (Wildman–Crippen MR) is 195 cm³/mol. The fourth-order valence-electron chi connectivity index (χ4n) is 6.24. The number of unbranched alkanes of at least 4 members (excludes halogenated alkanes) is 14. The molecule has 0 radical (unpaired) electrons. The summed E-state index contributed by atoms with van der Waals surface area (Å²) in [4.78, 5) is 79.0. The largest absolute Gasteiger partial charge is 0.481 e. The van der Waals surface area contributed by atoms with Crippen LogP contribution in [0.15, 0.2) is 0 Å².